The van der Waals surface area contributed by atoms with Gasteiger partial charge in [-0.3, -0.25) is 4.79 Å². The number of carbonyl (C=O) groups is 1. The number of nitriles is 1. The predicted molar refractivity (Wildman–Crippen MR) is 68.1 cm³/mol. The van der Waals surface area contributed by atoms with Gasteiger partial charge in [-0.25, -0.2) is 4.98 Å². The van der Waals surface area contributed by atoms with Gasteiger partial charge in [-0.1, -0.05) is 11.6 Å². The van der Waals surface area contributed by atoms with E-state index in [0.29, 0.717) is 35.9 Å². The Kier molecular flexibility index (Phi) is 3.14. The van der Waals surface area contributed by atoms with Crippen molar-refractivity contribution < 1.29 is 4.79 Å². The molecule has 2 N–H and O–H groups in total. The summed E-state index contributed by atoms with van der Waals surface area (Å²) in [6, 6.07) is 3.58. The summed E-state index contributed by atoms with van der Waals surface area (Å²) in [6.45, 7) is 2.96. The van der Waals surface area contributed by atoms with E-state index in [2.05, 4.69) is 4.98 Å². The normalized spacial score (nSPS) is 22.8. The SMILES string of the molecule is CC1(C(N)=O)CCN(c2nccc(C#N)c2Cl)C1. The Morgan fingerprint density at radius 1 is 1.72 bits per heavy atom. The van der Waals surface area contributed by atoms with E-state index in [1.165, 1.54) is 0 Å². The number of nitrogens with zero attached hydrogens (tertiary/aromatic N) is 3. The molecule has 1 amide bonds. The smallest absolute Gasteiger partial charge is 0.225 e. The number of hydrogen-bond acceptors (Lipinski definition) is 4. The summed E-state index contributed by atoms with van der Waals surface area (Å²) in [7, 11) is 0. The van der Waals surface area contributed by atoms with Gasteiger partial charge in [0.1, 0.15) is 16.9 Å². The number of halogens is 1. The zero-order valence-corrected chi connectivity index (χ0v) is 10.7. The van der Waals surface area contributed by atoms with Crippen LogP contribution in [0.4, 0.5) is 5.82 Å². The third-order valence-electron chi connectivity index (χ3n) is 3.36. The van der Waals surface area contributed by atoms with Crippen molar-refractivity contribution in [2.45, 2.75) is 13.3 Å². The molecule has 5 nitrogen and oxygen atoms in total. The van der Waals surface area contributed by atoms with Gasteiger partial charge in [0.2, 0.25) is 5.91 Å². The molecule has 0 spiro atoms. The first kappa shape index (κ1) is 12.7. The molecule has 1 atom stereocenters. The minimum absolute atomic E-state index is 0.322. The highest BCUT2D eigenvalue weighted by Gasteiger charge is 2.39. The lowest BCUT2D eigenvalue weighted by molar-refractivity contribution is -0.125. The number of pyridine rings is 1. The molecular formula is C12H13ClN4O. The van der Waals surface area contributed by atoms with Crippen molar-refractivity contribution in [3.05, 3.63) is 22.8 Å². The second-order valence-electron chi connectivity index (χ2n) is 4.70. The molecule has 6 heteroatoms. The first-order chi connectivity index (χ1) is 8.48. The summed E-state index contributed by atoms with van der Waals surface area (Å²) in [5.74, 6) is 0.221. The molecular weight excluding hydrogens is 252 g/mol. The van der Waals surface area contributed by atoms with E-state index >= 15 is 0 Å². The van der Waals surface area contributed by atoms with Crippen molar-refractivity contribution in [3.63, 3.8) is 0 Å². The lowest BCUT2D eigenvalue weighted by Gasteiger charge is -2.22. The van der Waals surface area contributed by atoms with Gasteiger partial charge in [0.05, 0.1) is 11.0 Å². The molecule has 0 aliphatic carbocycles. The first-order valence-corrected chi connectivity index (χ1v) is 5.95. The number of amides is 1. The summed E-state index contributed by atoms with van der Waals surface area (Å²) in [5.41, 5.74) is 5.22. The van der Waals surface area contributed by atoms with Gasteiger partial charge < -0.3 is 10.6 Å². The molecule has 0 bridgehead atoms. The Morgan fingerprint density at radius 3 is 3.00 bits per heavy atom. The molecule has 1 aliphatic rings. The van der Waals surface area contributed by atoms with Crippen molar-refractivity contribution in [2.24, 2.45) is 11.1 Å². The largest absolute Gasteiger partial charge is 0.369 e. The minimum Gasteiger partial charge on any atom is -0.369 e. The highest BCUT2D eigenvalue weighted by atomic mass is 35.5. The van der Waals surface area contributed by atoms with Crippen LogP contribution in [-0.4, -0.2) is 24.0 Å². The Morgan fingerprint density at radius 2 is 2.44 bits per heavy atom. The maximum atomic E-state index is 11.4. The average molecular weight is 265 g/mol. The number of rotatable bonds is 2. The average Bonchev–Trinajstić information content (AvgIpc) is 2.73. The van der Waals surface area contributed by atoms with E-state index in [1.807, 2.05) is 17.9 Å². The molecule has 1 aromatic heterocycles. The zero-order valence-electron chi connectivity index (χ0n) is 9.98. The number of aromatic nitrogens is 1. The lowest BCUT2D eigenvalue weighted by Crippen LogP contribution is -2.37. The summed E-state index contributed by atoms with van der Waals surface area (Å²) in [5, 5.41) is 9.25. The van der Waals surface area contributed by atoms with Crippen LogP contribution in [0.3, 0.4) is 0 Å². The van der Waals surface area contributed by atoms with Crippen molar-refractivity contribution in [2.75, 3.05) is 18.0 Å². The Bertz CT molecular complexity index is 539. The lowest BCUT2D eigenvalue weighted by atomic mass is 9.89. The predicted octanol–water partition coefficient (Wildman–Crippen LogP) is 1.31. The standard InChI is InChI=1S/C12H13ClN4O/c1-12(11(15)18)3-5-17(7-12)10-9(13)8(6-14)2-4-16-10/h2,4H,3,5,7H2,1H3,(H2,15,18). The minimum atomic E-state index is -0.562. The van der Waals surface area contributed by atoms with Crippen molar-refractivity contribution >= 4 is 23.3 Å². The molecule has 94 valence electrons. The second-order valence-corrected chi connectivity index (χ2v) is 5.08. The van der Waals surface area contributed by atoms with Crippen molar-refractivity contribution in [3.8, 4) is 6.07 Å². The highest BCUT2D eigenvalue weighted by molar-refractivity contribution is 6.34. The van der Waals surface area contributed by atoms with E-state index in [0.717, 1.165) is 0 Å². The fourth-order valence-corrected chi connectivity index (χ4v) is 2.36. The number of carbonyl (C=O) groups excluding carboxylic acids is 1. The third-order valence-corrected chi connectivity index (χ3v) is 3.73. The molecule has 0 aromatic carbocycles. The van der Waals surface area contributed by atoms with Crippen molar-refractivity contribution in [1.29, 1.82) is 5.26 Å². The molecule has 2 rings (SSSR count). The number of nitrogens with two attached hydrogens (primary N) is 1. The molecule has 1 aliphatic heterocycles. The van der Waals surface area contributed by atoms with Gasteiger partial charge in [0.25, 0.3) is 0 Å². The van der Waals surface area contributed by atoms with Crippen LogP contribution in [0.5, 0.6) is 0 Å². The van der Waals surface area contributed by atoms with Crippen LogP contribution >= 0.6 is 11.6 Å². The third kappa shape index (κ3) is 2.00. The zero-order chi connectivity index (χ0) is 13.3. The summed E-state index contributed by atoms with van der Waals surface area (Å²) < 4.78 is 0. The quantitative estimate of drug-likeness (QED) is 0.873. The molecule has 1 fully saturated rings. The van der Waals surface area contributed by atoms with Crippen LogP contribution in [0.25, 0.3) is 0 Å². The maximum absolute atomic E-state index is 11.4. The maximum Gasteiger partial charge on any atom is 0.225 e. The summed E-state index contributed by atoms with van der Waals surface area (Å²) >= 11 is 6.12. The number of hydrogen-bond donors (Lipinski definition) is 1. The summed E-state index contributed by atoms with van der Waals surface area (Å²) in [4.78, 5) is 17.5. The molecule has 18 heavy (non-hydrogen) atoms. The molecule has 1 aromatic rings. The summed E-state index contributed by atoms with van der Waals surface area (Å²) in [6.07, 6.45) is 2.21. The molecule has 2 heterocycles. The van der Waals surface area contributed by atoms with Crippen LogP contribution in [0, 0.1) is 16.7 Å². The highest BCUT2D eigenvalue weighted by Crippen LogP contribution is 2.35. The van der Waals surface area contributed by atoms with E-state index in [4.69, 9.17) is 22.6 Å². The topological polar surface area (TPSA) is 83.0 Å². The number of anilines is 1. The van der Waals surface area contributed by atoms with Gasteiger partial charge in [-0.05, 0) is 19.4 Å². The molecule has 0 radical (unpaired) electrons. The Hall–Kier alpha value is -1.80. The van der Waals surface area contributed by atoms with Crippen LogP contribution < -0.4 is 10.6 Å². The molecule has 0 saturated carbocycles. The van der Waals surface area contributed by atoms with Gasteiger partial charge in [-0.2, -0.15) is 5.26 Å². The van der Waals surface area contributed by atoms with Gasteiger partial charge in [-0.15, -0.1) is 0 Å². The van der Waals surface area contributed by atoms with Crippen LogP contribution in [-0.2, 0) is 4.79 Å². The van der Waals surface area contributed by atoms with Gasteiger partial charge in [0, 0.05) is 19.3 Å². The van der Waals surface area contributed by atoms with Crippen molar-refractivity contribution in [1.82, 2.24) is 4.98 Å². The fraction of sp³-hybridized carbons (Fsp3) is 0.417. The first-order valence-electron chi connectivity index (χ1n) is 5.57. The van der Waals surface area contributed by atoms with E-state index in [9.17, 15) is 4.79 Å². The number of primary amides is 1. The fourth-order valence-electron chi connectivity index (χ4n) is 2.08. The molecule has 1 saturated heterocycles. The van der Waals surface area contributed by atoms with Crippen LogP contribution in [0.2, 0.25) is 5.02 Å². The second kappa shape index (κ2) is 4.46. The van der Waals surface area contributed by atoms with Crippen LogP contribution in [0.15, 0.2) is 12.3 Å². The Labute approximate surface area is 110 Å². The Balaban J connectivity index is 2.31. The van der Waals surface area contributed by atoms with Gasteiger partial charge in [0.15, 0.2) is 0 Å². The van der Waals surface area contributed by atoms with Crippen LogP contribution in [0.1, 0.15) is 18.9 Å². The van der Waals surface area contributed by atoms with Gasteiger partial charge >= 0.3 is 0 Å². The van der Waals surface area contributed by atoms with E-state index in [1.54, 1.807) is 12.3 Å². The molecule has 1 unspecified atom stereocenters. The van der Waals surface area contributed by atoms with E-state index in [-0.39, 0.29) is 5.91 Å². The monoisotopic (exact) mass is 264 g/mol. The van der Waals surface area contributed by atoms with E-state index < -0.39 is 5.41 Å².